The van der Waals surface area contributed by atoms with Gasteiger partial charge in [-0.05, 0) is 58.0 Å². The summed E-state index contributed by atoms with van der Waals surface area (Å²) >= 11 is 0. The van der Waals surface area contributed by atoms with Crippen LogP contribution in [0.5, 0.6) is 0 Å². The molecule has 4 amide bonds. The Hall–Kier alpha value is -3.69. The van der Waals surface area contributed by atoms with E-state index in [0.717, 1.165) is 0 Å². The van der Waals surface area contributed by atoms with Crippen LogP contribution in [0.2, 0.25) is 0 Å². The first-order valence-electron chi connectivity index (χ1n) is 15.8. The van der Waals surface area contributed by atoms with Crippen LogP contribution in [0.4, 0.5) is 0 Å². The fourth-order valence-corrected chi connectivity index (χ4v) is 4.59. The predicted octanol–water partition coefficient (Wildman–Crippen LogP) is -4.87. The maximum Gasteiger partial charge on any atom is 0.326 e. The first-order chi connectivity index (χ1) is 22.9. The summed E-state index contributed by atoms with van der Waals surface area (Å²) in [5, 5.41) is 34.7. The number of carbonyl (C=O) groups excluding carboxylic acids is 4. The molecule has 1 aliphatic rings. The molecule has 0 spiro atoms. The Morgan fingerprint density at radius 3 is 1.69 bits per heavy atom. The molecular formula is C28H52CuN12O8. The van der Waals surface area contributed by atoms with Crippen molar-refractivity contribution < 1.29 is 56.0 Å². The van der Waals surface area contributed by atoms with Gasteiger partial charge in [0.15, 0.2) is 0 Å². The molecule has 2 heterocycles. The smallest absolute Gasteiger partial charge is 0.326 e. The van der Waals surface area contributed by atoms with E-state index in [2.05, 4.69) is 41.9 Å². The van der Waals surface area contributed by atoms with Crippen LogP contribution in [0.3, 0.4) is 0 Å². The average Bonchev–Trinajstić information content (AvgIpc) is 3.78. The molecule has 1 saturated heterocycles. The number of nitrogens with one attached hydrogen (secondary N) is 7. The molecule has 0 aliphatic carbocycles. The number of aliphatic carboxylic acids is 2. The molecule has 1 aromatic rings. The number of H-pyrrole nitrogens is 1. The van der Waals surface area contributed by atoms with Gasteiger partial charge < -0.3 is 70.0 Å². The van der Waals surface area contributed by atoms with Gasteiger partial charge in [-0.1, -0.05) is 0 Å². The Bertz CT molecular complexity index is 1140. The number of nitrogens with zero attached hydrogens (tertiary/aromatic N) is 1. The van der Waals surface area contributed by atoms with E-state index in [0.29, 0.717) is 70.5 Å². The van der Waals surface area contributed by atoms with Crippen LogP contribution in [-0.4, -0.2) is 125 Å². The topological polar surface area (TPSA) is 348 Å². The molecule has 283 valence electrons. The molecule has 1 aromatic heterocycles. The van der Waals surface area contributed by atoms with Crippen LogP contribution in [0.1, 0.15) is 50.6 Å². The van der Waals surface area contributed by atoms with Crippen molar-refractivity contribution in [1.29, 1.82) is 0 Å². The summed E-state index contributed by atoms with van der Waals surface area (Å²) in [5.41, 5.74) is 21.9. The molecule has 1 fully saturated rings. The van der Waals surface area contributed by atoms with E-state index >= 15 is 0 Å². The number of unbranched alkanes of at least 4 members (excludes halogenated alkanes) is 2. The van der Waals surface area contributed by atoms with Crippen molar-refractivity contribution in [1.82, 2.24) is 41.9 Å². The molecule has 49 heavy (non-hydrogen) atoms. The minimum atomic E-state index is -1.13. The number of amides is 4. The van der Waals surface area contributed by atoms with Gasteiger partial charge >= 0.3 is 11.9 Å². The van der Waals surface area contributed by atoms with E-state index < -0.39 is 59.7 Å². The van der Waals surface area contributed by atoms with Gasteiger partial charge in [0.25, 0.3) is 0 Å². The normalized spacial score (nSPS) is 16.0. The maximum atomic E-state index is 12.4. The van der Waals surface area contributed by atoms with Crippen LogP contribution in [-0.2, 0) is 52.3 Å². The van der Waals surface area contributed by atoms with Crippen LogP contribution >= 0.6 is 0 Å². The van der Waals surface area contributed by atoms with Gasteiger partial charge in [-0.25, -0.2) is 14.6 Å². The fraction of sp³-hybridized carbons (Fsp3) is 0.679. The molecule has 5 atom stereocenters. The second kappa shape index (κ2) is 26.2. The third-order valence-electron chi connectivity index (χ3n) is 7.20. The Labute approximate surface area is 295 Å². The molecule has 1 radical (unpaired) electrons. The summed E-state index contributed by atoms with van der Waals surface area (Å²) in [6.45, 7) is 1.71. The SMILES string of the molecule is NCCCC[C@H](NC(=O)[C@H](CC1CNCN1)NC(=O)CN)C(=O)O.NCCCC[C@H](NC(=O)[C@H](Cc1cnc[nH]1)NC(=O)CN)C(=O)O.[Cu]. The summed E-state index contributed by atoms with van der Waals surface area (Å²) in [7, 11) is 0. The summed E-state index contributed by atoms with van der Waals surface area (Å²) < 4.78 is 0. The summed E-state index contributed by atoms with van der Waals surface area (Å²) in [6.07, 6.45) is 6.54. The number of aromatic nitrogens is 2. The molecule has 0 saturated carbocycles. The van der Waals surface area contributed by atoms with E-state index in [1.165, 1.54) is 12.5 Å². The van der Waals surface area contributed by atoms with Crippen LogP contribution < -0.4 is 54.8 Å². The standard InChI is InChI=1S/C14H28N6O4.C14H24N6O4.Cu/c2*15-4-2-1-3-10(14(23)24)20-13(22)11(19-12(21)6-16)5-9-7-17-8-18-9;/h9-11,17-18H,1-8,15-16H2,(H,19,21)(H,20,22)(H,23,24);7-8,10-11H,1-6,15-16H2,(H,17,18)(H,19,21)(H,20,22)(H,23,24);/t9?,10-,11-;10-,11-;/m00./s1. The fourth-order valence-electron chi connectivity index (χ4n) is 4.59. The van der Waals surface area contributed by atoms with Crippen molar-refractivity contribution in [3.63, 3.8) is 0 Å². The zero-order valence-electron chi connectivity index (χ0n) is 27.3. The number of hydrogen-bond donors (Lipinski definition) is 13. The summed E-state index contributed by atoms with van der Waals surface area (Å²) in [6, 6.07) is -3.81. The molecule has 21 heteroatoms. The van der Waals surface area contributed by atoms with Crippen molar-refractivity contribution in [3.05, 3.63) is 18.2 Å². The average molecular weight is 748 g/mol. The van der Waals surface area contributed by atoms with Crippen LogP contribution in [0, 0.1) is 0 Å². The van der Waals surface area contributed by atoms with Gasteiger partial charge in [0.05, 0.1) is 19.4 Å². The van der Waals surface area contributed by atoms with E-state index in [-0.39, 0.29) is 49.0 Å². The van der Waals surface area contributed by atoms with E-state index in [1.807, 2.05) is 0 Å². The van der Waals surface area contributed by atoms with Gasteiger partial charge in [-0.3, -0.25) is 19.2 Å². The molecule has 20 nitrogen and oxygen atoms in total. The van der Waals surface area contributed by atoms with Crippen molar-refractivity contribution in [2.45, 2.75) is 81.6 Å². The van der Waals surface area contributed by atoms with Crippen LogP contribution in [0.15, 0.2) is 12.5 Å². The van der Waals surface area contributed by atoms with E-state index in [9.17, 15) is 39.0 Å². The molecule has 1 unspecified atom stereocenters. The summed E-state index contributed by atoms with van der Waals surface area (Å²) in [4.78, 5) is 77.1. The minimum Gasteiger partial charge on any atom is -0.480 e. The van der Waals surface area contributed by atoms with Crippen molar-refractivity contribution in [3.8, 4) is 0 Å². The number of carboxylic acid groups (broad SMARTS) is 2. The molecule has 0 aromatic carbocycles. The second-order valence-electron chi connectivity index (χ2n) is 11.1. The number of rotatable bonds is 22. The van der Waals surface area contributed by atoms with Crippen molar-refractivity contribution in [2.75, 3.05) is 39.4 Å². The third-order valence-corrected chi connectivity index (χ3v) is 7.20. The number of aromatic amines is 1. The minimum absolute atomic E-state index is 0. The first kappa shape index (κ1) is 45.3. The number of nitrogens with two attached hydrogens (primary N) is 4. The number of carbonyl (C=O) groups is 6. The zero-order chi connectivity index (χ0) is 35.9. The largest absolute Gasteiger partial charge is 0.480 e. The van der Waals surface area contributed by atoms with Crippen molar-refractivity contribution in [2.24, 2.45) is 22.9 Å². The molecule has 0 bridgehead atoms. The van der Waals surface area contributed by atoms with Gasteiger partial charge in [-0.2, -0.15) is 0 Å². The summed E-state index contributed by atoms with van der Waals surface area (Å²) in [5.74, 6) is -4.33. The zero-order valence-corrected chi connectivity index (χ0v) is 28.3. The Kier molecular flexibility index (Phi) is 24.2. The maximum absolute atomic E-state index is 12.4. The Morgan fingerprint density at radius 1 is 0.776 bits per heavy atom. The number of hydrogen-bond acceptors (Lipinski definition) is 13. The Morgan fingerprint density at radius 2 is 1.29 bits per heavy atom. The van der Waals surface area contributed by atoms with Crippen molar-refractivity contribution >= 4 is 35.6 Å². The first-order valence-corrected chi connectivity index (χ1v) is 15.8. The van der Waals surface area contributed by atoms with E-state index in [1.54, 1.807) is 0 Å². The van der Waals surface area contributed by atoms with Gasteiger partial charge in [-0.15, -0.1) is 0 Å². The van der Waals surface area contributed by atoms with Gasteiger partial charge in [0.1, 0.15) is 24.2 Å². The molecule has 1 aliphatic heterocycles. The Balaban J connectivity index is 0.000000922. The third kappa shape index (κ3) is 19.2. The molecular weight excluding hydrogens is 696 g/mol. The molecule has 2 rings (SSSR count). The number of carboxylic acids is 2. The van der Waals surface area contributed by atoms with Gasteiger partial charge in [0, 0.05) is 54.6 Å². The predicted molar refractivity (Wildman–Crippen MR) is 174 cm³/mol. The monoisotopic (exact) mass is 747 g/mol. The number of imidazole rings is 1. The van der Waals surface area contributed by atoms with E-state index in [4.69, 9.17) is 22.9 Å². The molecule has 17 N–H and O–H groups in total. The quantitative estimate of drug-likeness (QED) is 0.0391. The van der Waals surface area contributed by atoms with Gasteiger partial charge in [0.2, 0.25) is 23.6 Å². The second-order valence-corrected chi connectivity index (χ2v) is 11.1. The van der Waals surface area contributed by atoms with Crippen LogP contribution in [0.25, 0.3) is 0 Å².